The van der Waals surface area contributed by atoms with E-state index in [1.165, 1.54) is 10.9 Å². The molecule has 0 bridgehead atoms. The number of hydrogen-bond acceptors (Lipinski definition) is 4. The minimum absolute atomic E-state index is 0.0714. The molecule has 0 amide bonds. The molecule has 1 unspecified atom stereocenters. The van der Waals surface area contributed by atoms with Gasteiger partial charge >= 0.3 is 0 Å². The molecule has 3 aromatic rings. The van der Waals surface area contributed by atoms with Gasteiger partial charge in [-0.1, -0.05) is 41.9 Å². The quantitative estimate of drug-likeness (QED) is 0.773. The maximum atomic E-state index is 12.5. The van der Waals surface area contributed by atoms with Crippen molar-refractivity contribution in [2.75, 3.05) is 5.32 Å². The van der Waals surface area contributed by atoms with Crippen LogP contribution in [-0.4, -0.2) is 9.78 Å². The Morgan fingerprint density at radius 2 is 1.96 bits per heavy atom. The topological polar surface area (TPSA) is 70.7 Å². The Hall–Kier alpha value is -3.10. The van der Waals surface area contributed by atoms with Gasteiger partial charge in [0.05, 0.1) is 29.2 Å². The van der Waals surface area contributed by atoms with Gasteiger partial charge in [-0.2, -0.15) is 15.0 Å². The maximum Gasteiger partial charge on any atom is 0.292 e. The zero-order valence-corrected chi connectivity index (χ0v) is 14.2. The van der Waals surface area contributed by atoms with Crippen LogP contribution in [-0.2, 0) is 0 Å². The minimum atomic E-state index is -0.393. The average molecular weight is 351 g/mol. The lowest BCUT2D eigenvalue weighted by Gasteiger charge is -2.17. The van der Waals surface area contributed by atoms with Gasteiger partial charge in [-0.25, -0.2) is 0 Å². The highest BCUT2D eigenvalue weighted by atomic mass is 35.5. The normalized spacial score (nSPS) is 11.6. The van der Waals surface area contributed by atoms with Crippen LogP contribution in [0.3, 0.4) is 0 Å². The molecular weight excluding hydrogens is 336 g/mol. The third-order valence-corrected chi connectivity index (χ3v) is 4.17. The first-order valence-corrected chi connectivity index (χ1v) is 8.08. The van der Waals surface area contributed by atoms with Gasteiger partial charge in [-0.3, -0.25) is 4.79 Å². The highest BCUT2D eigenvalue weighted by molar-refractivity contribution is 6.33. The van der Waals surface area contributed by atoms with Crippen LogP contribution >= 0.6 is 11.6 Å². The van der Waals surface area contributed by atoms with Crippen molar-refractivity contribution < 1.29 is 0 Å². The van der Waals surface area contributed by atoms with E-state index in [9.17, 15) is 4.79 Å². The Balaban J connectivity index is 1.90. The number of aromatic nitrogens is 2. The molecule has 2 aromatic carbocycles. The summed E-state index contributed by atoms with van der Waals surface area (Å²) in [4.78, 5) is 12.5. The van der Waals surface area contributed by atoms with Crippen molar-refractivity contribution in [3.8, 4) is 11.8 Å². The number of nitrogens with zero attached hydrogens (tertiary/aromatic N) is 3. The number of halogens is 1. The first-order chi connectivity index (χ1) is 12.1. The average Bonchev–Trinajstić information content (AvgIpc) is 2.66. The third-order valence-electron chi connectivity index (χ3n) is 3.81. The predicted octanol–water partition coefficient (Wildman–Crippen LogP) is 3.93. The summed E-state index contributed by atoms with van der Waals surface area (Å²) in [5, 5.41) is 16.5. The molecule has 1 atom stereocenters. The number of nitriles is 1. The molecule has 0 saturated carbocycles. The lowest BCUT2D eigenvalue weighted by atomic mass is 10.1. The summed E-state index contributed by atoms with van der Waals surface area (Å²) in [6.07, 6.45) is 1.53. The largest absolute Gasteiger partial charge is 0.376 e. The fourth-order valence-corrected chi connectivity index (χ4v) is 2.66. The highest BCUT2D eigenvalue weighted by Crippen LogP contribution is 2.23. The second kappa shape index (κ2) is 7.20. The smallest absolute Gasteiger partial charge is 0.292 e. The molecule has 124 valence electrons. The Kier molecular flexibility index (Phi) is 4.82. The fourth-order valence-electron chi connectivity index (χ4n) is 2.48. The second-order valence-corrected chi connectivity index (χ2v) is 5.91. The second-order valence-electron chi connectivity index (χ2n) is 5.53. The molecule has 0 aliphatic rings. The summed E-state index contributed by atoms with van der Waals surface area (Å²) >= 11 is 6.25. The fraction of sp³-hybridized carbons (Fsp3) is 0.105. The van der Waals surface area contributed by atoms with Gasteiger partial charge in [-0.05, 0) is 36.8 Å². The predicted molar refractivity (Wildman–Crippen MR) is 98.0 cm³/mol. The highest BCUT2D eigenvalue weighted by Gasteiger charge is 2.13. The van der Waals surface area contributed by atoms with Crippen LogP contribution < -0.4 is 10.9 Å². The molecule has 0 aliphatic carbocycles. The molecule has 0 saturated heterocycles. The molecule has 1 aromatic heterocycles. The van der Waals surface area contributed by atoms with E-state index < -0.39 is 5.56 Å². The number of para-hydroxylation sites is 1. The van der Waals surface area contributed by atoms with Crippen molar-refractivity contribution in [2.24, 2.45) is 0 Å². The van der Waals surface area contributed by atoms with Crippen LogP contribution in [0.15, 0.2) is 65.6 Å². The summed E-state index contributed by atoms with van der Waals surface area (Å²) in [7, 11) is 0. The molecule has 0 fully saturated rings. The van der Waals surface area contributed by atoms with E-state index in [2.05, 4.69) is 16.5 Å². The van der Waals surface area contributed by atoms with Crippen molar-refractivity contribution in [1.82, 2.24) is 9.78 Å². The summed E-state index contributed by atoms with van der Waals surface area (Å²) in [5.41, 5.74) is 2.21. The van der Waals surface area contributed by atoms with E-state index in [4.69, 9.17) is 16.9 Å². The van der Waals surface area contributed by atoms with Crippen molar-refractivity contribution in [3.05, 3.63) is 87.3 Å². The van der Waals surface area contributed by atoms with Gasteiger partial charge in [0.1, 0.15) is 5.02 Å². The summed E-state index contributed by atoms with van der Waals surface area (Å²) in [5.74, 6) is 0. The molecule has 0 spiro atoms. The number of anilines is 1. The van der Waals surface area contributed by atoms with Crippen molar-refractivity contribution in [2.45, 2.75) is 13.0 Å². The van der Waals surface area contributed by atoms with E-state index in [0.717, 1.165) is 5.56 Å². The van der Waals surface area contributed by atoms with Crippen LogP contribution in [0.4, 0.5) is 5.69 Å². The molecule has 1 N–H and O–H groups in total. The van der Waals surface area contributed by atoms with E-state index in [-0.39, 0.29) is 11.1 Å². The van der Waals surface area contributed by atoms with Crippen LogP contribution in [0.2, 0.25) is 5.02 Å². The van der Waals surface area contributed by atoms with Gasteiger partial charge in [0, 0.05) is 6.04 Å². The molecule has 1 heterocycles. The number of benzene rings is 2. The van der Waals surface area contributed by atoms with E-state index in [1.807, 2.05) is 37.3 Å². The SMILES string of the molecule is CC(Nc1cnn(-c2ccccc2)c(=O)c1Cl)c1cccc(C#N)c1. The first-order valence-electron chi connectivity index (χ1n) is 7.70. The van der Waals surface area contributed by atoms with Crippen LogP contribution in [0, 0.1) is 11.3 Å². The molecule has 0 aliphatic heterocycles. The standard InChI is InChI=1S/C19H15ClN4O/c1-13(15-7-5-6-14(10-15)11-21)23-17-12-22-24(19(25)18(17)20)16-8-3-2-4-9-16/h2-10,12-13,23H,1H3. The van der Waals surface area contributed by atoms with Crippen molar-refractivity contribution in [1.29, 1.82) is 5.26 Å². The third kappa shape index (κ3) is 3.54. The summed E-state index contributed by atoms with van der Waals surface area (Å²) in [6.45, 7) is 1.93. The Bertz CT molecular complexity index is 992. The molecule has 3 rings (SSSR count). The number of nitrogens with one attached hydrogen (secondary N) is 1. The molecule has 5 nitrogen and oxygen atoms in total. The van der Waals surface area contributed by atoms with Gasteiger partial charge in [-0.15, -0.1) is 0 Å². The number of rotatable bonds is 4. The molecule has 6 heteroatoms. The maximum absolute atomic E-state index is 12.5. The van der Waals surface area contributed by atoms with Crippen molar-refractivity contribution in [3.63, 3.8) is 0 Å². The monoisotopic (exact) mass is 350 g/mol. The Labute approximate surface area is 150 Å². The lowest BCUT2D eigenvalue weighted by Crippen LogP contribution is -2.23. The lowest BCUT2D eigenvalue weighted by molar-refractivity contribution is 0.799. The van der Waals surface area contributed by atoms with E-state index >= 15 is 0 Å². The van der Waals surface area contributed by atoms with Crippen LogP contribution in [0.25, 0.3) is 5.69 Å². The molecule has 0 radical (unpaired) electrons. The Morgan fingerprint density at radius 1 is 1.20 bits per heavy atom. The minimum Gasteiger partial charge on any atom is -0.376 e. The zero-order valence-electron chi connectivity index (χ0n) is 13.5. The van der Waals surface area contributed by atoms with Crippen molar-refractivity contribution >= 4 is 17.3 Å². The zero-order chi connectivity index (χ0) is 17.8. The number of hydrogen-bond donors (Lipinski definition) is 1. The molecule has 25 heavy (non-hydrogen) atoms. The van der Waals surface area contributed by atoms with Gasteiger partial charge in [0.15, 0.2) is 0 Å². The summed E-state index contributed by atoms with van der Waals surface area (Å²) < 4.78 is 1.26. The van der Waals surface area contributed by atoms with Gasteiger partial charge < -0.3 is 5.32 Å². The van der Waals surface area contributed by atoms with E-state index in [1.54, 1.807) is 24.3 Å². The molecular formula is C19H15ClN4O. The van der Waals surface area contributed by atoms with Crippen LogP contribution in [0.5, 0.6) is 0 Å². The van der Waals surface area contributed by atoms with Gasteiger partial charge in [0.2, 0.25) is 0 Å². The first kappa shape index (κ1) is 16.7. The van der Waals surface area contributed by atoms with Crippen LogP contribution in [0.1, 0.15) is 24.1 Å². The Morgan fingerprint density at radius 3 is 2.68 bits per heavy atom. The van der Waals surface area contributed by atoms with E-state index in [0.29, 0.717) is 16.9 Å². The summed E-state index contributed by atoms with van der Waals surface area (Å²) in [6, 6.07) is 18.3. The van der Waals surface area contributed by atoms with Gasteiger partial charge in [0.25, 0.3) is 5.56 Å².